The average Bonchev–Trinajstić information content (AvgIpc) is 2.36. The summed E-state index contributed by atoms with van der Waals surface area (Å²) in [5, 5.41) is 0. The number of ether oxygens (including phenoxy) is 1. The van der Waals surface area contributed by atoms with E-state index in [0.29, 0.717) is 12.8 Å². The number of ketones is 1. The maximum absolute atomic E-state index is 11.0. The van der Waals surface area contributed by atoms with Gasteiger partial charge in [-0.3, -0.25) is 4.79 Å². The Balaban J connectivity index is 2.49. The zero-order valence-corrected chi connectivity index (χ0v) is 6.16. The summed E-state index contributed by atoms with van der Waals surface area (Å²) in [7, 11) is 0. The predicted molar refractivity (Wildman–Crippen MR) is 37.2 cm³/mol. The lowest BCUT2D eigenvalue weighted by Gasteiger charge is -2.11. The van der Waals surface area contributed by atoms with E-state index >= 15 is 0 Å². The lowest BCUT2D eigenvalue weighted by Crippen LogP contribution is -2.26. The van der Waals surface area contributed by atoms with Crippen LogP contribution in [0.1, 0.15) is 19.8 Å². The topological polar surface area (TPSA) is 55.7 Å². The first-order valence-electron chi connectivity index (χ1n) is 3.43. The Hall–Kier alpha value is -1.19. The maximum atomic E-state index is 11.0. The van der Waals surface area contributed by atoms with Gasteiger partial charge in [0.1, 0.15) is 12.0 Å². The van der Waals surface area contributed by atoms with Gasteiger partial charge >= 0.3 is 0 Å². The van der Waals surface area contributed by atoms with Crippen LogP contribution in [0.5, 0.6) is 0 Å². The Morgan fingerprint density at radius 1 is 1.82 bits per heavy atom. The van der Waals surface area contributed by atoms with E-state index in [2.05, 4.69) is 9.73 Å². The second kappa shape index (κ2) is 3.27. The number of aliphatic imine (C=N–C) groups is 1. The number of carbonyl (C=O) groups is 2. The van der Waals surface area contributed by atoms with Crippen LogP contribution in [0.3, 0.4) is 0 Å². The van der Waals surface area contributed by atoms with Crippen LogP contribution in [0.2, 0.25) is 0 Å². The third kappa shape index (κ3) is 1.63. The molecule has 0 aromatic rings. The fourth-order valence-electron chi connectivity index (χ4n) is 0.814. The molecule has 1 heterocycles. The van der Waals surface area contributed by atoms with Crippen molar-refractivity contribution in [2.24, 2.45) is 4.99 Å². The SMILES string of the molecule is CCCC(=O)C1O[C-]=NC1=O. The van der Waals surface area contributed by atoms with Crippen molar-refractivity contribution in [3.63, 3.8) is 0 Å². The molecular formula is C7H8NO3-. The van der Waals surface area contributed by atoms with E-state index in [1.807, 2.05) is 13.3 Å². The highest BCUT2D eigenvalue weighted by atomic mass is 16.5. The van der Waals surface area contributed by atoms with E-state index in [1.54, 1.807) is 0 Å². The monoisotopic (exact) mass is 154 g/mol. The standard InChI is InChI=1S/C7H8NO3/c1-2-3-5(9)6-7(10)8-4-11-6/h6H,2-3H2,1H3/q-1. The van der Waals surface area contributed by atoms with E-state index in [-0.39, 0.29) is 5.78 Å². The molecule has 0 saturated heterocycles. The first-order chi connectivity index (χ1) is 5.25. The number of hydrogen-bond acceptors (Lipinski definition) is 3. The zero-order chi connectivity index (χ0) is 8.27. The Labute approximate surface area is 64.3 Å². The van der Waals surface area contributed by atoms with E-state index in [0.717, 1.165) is 0 Å². The van der Waals surface area contributed by atoms with Gasteiger partial charge in [0.15, 0.2) is 5.78 Å². The molecule has 1 rings (SSSR count). The molecule has 0 aromatic heterocycles. The van der Waals surface area contributed by atoms with Crippen molar-refractivity contribution in [2.45, 2.75) is 25.9 Å². The van der Waals surface area contributed by atoms with Crippen LogP contribution < -0.4 is 0 Å². The molecule has 4 heteroatoms. The molecule has 0 bridgehead atoms. The second-order valence-electron chi connectivity index (χ2n) is 2.26. The summed E-state index contributed by atoms with van der Waals surface area (Å²) in [6, 6.07) is 0. The number of Topliss-reactive ketones (excluding diaryl/α,β-unsaturated/α-hetero) is 1. The average molecular weight is 154 g/mol. The molecule has 0 radical (unpaired) electrons. The molecule has 0 saturated carbocycles. The summed E-state index contributed by atoms with van der Waals surface area (Å²) in [6.45, 7) is 1.86. The van der Waals surface area contributed by atoms with E-state index in [4.69, 9.17) is 0 Å². The molecule has 0 aromatic carbocycles. The minimum atomic E-state index is -1.00. The van der Waals surface area contributed by atoms with E-state index in [9.17, 15) is 9.59 Å². The molecule has 1 aliphatic rings. The minimum absolute atomic E-state index is 0.216. The van der Waals surface area contributed by atoms with Crippen molar-refractivity contribution in [1.82, 2.24) is 0 Å². The van der Waals surface area contributed by atoms with Gasteiger partial charge in [0.2, 0.25) is 0 Å². The highest BCUT2D eigenvalue weighted by molar-refractivity contribution is 6.09. The molecule has 0 aliphatic carbocycles. The molecule has 11 heavy (non-hydrogen) atoms. The third-order valence-electron chi connectivity index (χ3n) is 1.34. The Morgan fingerprint density at radius 3 is 3.00 bits per heavy atom. The van der Waals surface area contributed by atoms with Crippen molar-refractivity contribution in [3.8, 4) is 0 Å². The Bertz CT molecular complexity index is 210. The minimum Gasteiger partial charge on any atom is -0.570 e. The van der Waals surface area contributed by atoms with Crippen molar-refractivity contribution in [2.75, 3.05) is 0 Å². The molecule has 4 nitrogen and oxygen atoms in total. The Kier molecular flexibility index (Phi) is 2.36. The molecule has 1 aliphatic heterocycles. The van der Waals surface area contributed by atoms with Gasteiger partial charge in [-0.1, -0.05) is 6.92 Å². The fourth-order valence-corrected chi connectivity index (χ4v) is 0.814. The number of hydrogen-bond donors (Lipinski definition) is 0. The van der Waals surface area contributed by atoms with Crippen LogP contribution in [-0.2, 0) is 14.3 Å². The van der Waals surface area contributed by atoms with Crippen LogP contribution in [0.4, 0.5) is 0 Å². The van der Waals surface area contributed by atoms with Crippen LogP contribution in [0.15, 0.2) is 4.99 Å². The van der Waals surface area contributed by atoms with Gasteiger partial charge in [-0.05, 0) is 6.42 Å². The normalized spacial score (nSPS) is 21.9. The fraction of sp³-hybridized carbons (Fsp3) is 0.571. The third-order valence-corrected chi connectivity index (χ3v) is 1.34. The van der Waals surface area contributed by atoms with Crippen LogP contribution in [-0.4, -0.2) is 24.2 Å². The summed E-state index contributed by atoms with van der Waals surface area (Å²) in [5.41, 5.74) is 0. The molecule has 60 valence electrons. The van der Waals surface area contributed by atoms with Gasteiger partial charge in [-0.2, -0.15) is 0 Å². The molecule has 0 spiro atoms. The van der Waals surface area contributed by atoms with Crippen molar-refractivity contribution < 1.29 is 14.3 Å². The molecule has 0 fully saturated rings. The summed E-state index contributed by atoms with van der Waals surface area (Å²) >= 11 is 0. The second-order valence-corrected chi connectivity index (χ2v) is 2.26. The highest BCUT2D eigenvalue weighted by Gasteiger charge is 2.20. The largest absolute Gasteiger partial charge is 0.570 e. The maximum Gasteiger partial charge on any atom is 0.162 e. The first-order valence-corrected chi connectivity index (χ1v) is 3.43. The van der Waals surface area contributed by atoms with Gasteiger partial charge in [-0.15, -0.1) is 0 Å². The summed E-state index contributed by atoms with van der Waals surface area (Å²) < 4.78 is 4.56. The van der Waals surface area contributed by atoms with Gasteiger partial charge < -0.3 is 14.5 Å². The van der Waals surface area contributed by atoms with Crippen molar-refractivity contribution in [1.29, 1.82) is 0 Å². The summed E-state index contributed by atoms with van der Waals surface area (Å²) in [5.74, 6) is -0.755. The number of nitrogens with zero attached hydrogens (tertiary/aromatic N) is 1. The summed E-state index contributed by atoms with van der Waals surface area (Å²) in [4.78, 5) is 24.9. The molecule has 0 N–H and O–H groups in total. The van der Waals surface area contributed by atoms with E-state index in [1.165, 1.54) is 0 Å². The van der Waals surface area contributed by atoms with Gasteiger partial charge in [0, 0.05) is 12.8 Å². The van der Waals surface area contributed by atoms with Crippen LogP contribution in [0, 0.1) is 0 Å². The van der Waals surface area contributed by atoms with Gasteiger partial charge in [0.25, 0.3) is 0 Å². The quantitative estimate of drug-likeness (QED) is 0.430. The van der Waals surface area contributed by atoms with Crippen molar-refractivity contribution >= 4 is 18.1 Å². The van der Waals surface area contributed by atoms with Crippen molar-refractivity contribution in [3.05, 3.63) is 0 Å². The van der Waals surface area contributed by atoms with Crippen LogP contribution >= 0.6 is 0 Å². The molecule has 1 amide bonds. The number of carbonyl (C=O) groups excluding carboxylic acids is 2. The van der Waals surface area contributed by atoms with Crippen LogP contribution in [0.25, 0.3) is 0 Å². The Morgan fingerprint density at radius 2 is 2.55 bits per heavy atom. The highest BCUT2D eigenvalue weighted by Crippen LogP contribution is 2.05. The van der Waals surface area contributed by atoms with E-state index < -0.39 is 12.0 Å². The summed E-state index contributed by atoms with van der Waals surface area (Å²) in [6.07, 6.45) is 2.08. The lowest BCUT2D eigenvalue weighted by molar-refractivity contribution is -0.134. The van der Waals surface area contributed by atoms with Gasteiger partial charge in [-0.25, -0.2) is 0 Å². The lowest BCUT2D eigenvalue weighted by atomic mass is 10.1. The van der Waals surface area contributed by atoms with Gasteiger partial charge in [0.05, 0.1) is 0 Å². The number of rotatable bonds is 3. The smallest absolute Gasteiger partial charge is 0.162 e. The molecule has 1 unspecified atom stereocenters. The first kappa shape index (κ1) is 7.91. The number of amides is 1. The molecular weight excluding hydrogens is 146 g/mol. The molecule has 1 atom stereocenters. The zero-order valence-electron chi connectivity index (χ0n) is 6.16. The predicted octanol–water partition coefficient (Wildman–Crippen LogP) is 0.186.